The number of hydrogen-bond acceptors (Lipinski definition) is 3. The number of aryl methyl sites for hydroxylation is 1. The quantitative estimate of drug-likeness (QED) is 0.888. The molecule has 0 radical (unpaired) electrons. The standard InChI is InChI=1S/C14H19NOS/c1-4-11-5-2-8-15-14(11)13(7-1)16-10-12-6-3-9-17-12/h1,4,7,12,15H,2-3,5-6,8-10H2. The number of nitrogens with one attached hydrogen (secondary N) is 1. The van der Waals surface area contributed by atoms with E-state index in [2.05, 4.69) is 35.3 Å². The van der Waals surface area contributed by atoms with Crippen LogP contribution in [0.5, 0.6) is 5.75 Å². The second-order valence-electron chi connectivity index (χ2n) is 4.77. The minimum absolute atomic E-state index is 0.703. The minimum atomic E-state index is 0.703. The predicted molar refractivity (Wildman–Crippen MR) is 74.2 cm³/mol. The lowest BCUT2D eigenvalue weighted by molar-refractivity contribution is 0.316. The van der Waals surface area contributed by atoms with Crippen molar-refractivity contribution in [3.05, 3.63) is 23.8 Å². The largest absolute Gasteiger partial charge is 0.490 e. The van der Waals surface area contributed by atoms with E-state index in [0.717, 1.165) is 18.9 Å². The highest BCUT2D eigenvalue weighted by Gasteiger charge is 2.18. The molecule has 2 heterocycles. The number of rotatable bonds is 3. The minimum Gasteiger partial charge on any atom is -0.490 e. The van der Waals surface area contributed by atoms with Crippen LogP contribution in [0, 0.1) is 0 Å². The Kier molecular flexibility index (Phi) is 3.46. The van der Waals surface area contributed by atoms with Gasteiger partial charge in [0.05, 0.1) is 5.69 Å². The van der Waals surface area contributed by atoms with Gasteiger partial charge in [0.1, 0.15) is 12.4 Å². The maximum Gasteiger partial charge on any atom is 0.142 e. The molecule has 0 bridgehead atoms. The van der Waals surface area contributed by atoms with Crippen molar-refractivity contribution in [3.8, 4) is 5.75 Å². The Hall–Kier alpha value is -0.830. The van der Waals surface area contributed by atoms with E-state index in [1.54, 1.807) is 0 Å². The summed E-state index contributed by atoms with van der Waals surface area (Å²) >= 11 is 2.05. The second-order valence-corrected chi connectivity index (χ2v) is 6.17. The maximum atomic E-state index is 6.00. The van der Waals surface area contributed by atoms with Crippen molar-refractivity contribution in [2.24, 2.45) is 0 Å². The van der Waals surface area contributed by atoms with E-state index in [0.29, 0.717) is 5.25 Å². The van der Waals surface area contributed by atoms with Gasteiger partial charge in [-0.25, -0.2) is 0 Å². The van der Waals surface area contributed by atoms with Gasteiger partial charge in [-0.05, 0) is 43.1 Å². The molecule has 0 saturated carbocycles. The van der Waals surface area contributed by atoms with E-state index in [1.807, 2.05) is 0 Å². The number of anilines is 1. The van der Waals surface area contributed by atoms with Gasteiger partial charge < -0.3 is 10.1 Å². The van der Waals surface area contributed by atoms with Gasteiger partial charge in [-0.1, -0.05) is 12.1 Å². The van der Waals surface area contributed by atoms with E-state index in [-0.39, 0.29) is 0 Å². The average molecular weight is 249 g/mol. The van der Waals surface area contributed by atoms with Crippen LogP contribution in [0.4, 0.5) is 5.69 Å². The van der Waals surface area contributed by atoms with E-state index < -0.39 is 0 Å². The molecule has 2 nitrogen and oxygen atoms in total. The van der Waals surface area contributed by atoms with Gasteiger partial charge in [-0.3, -0.25) is 0 Å². The molecule has 1 aromatic carbocycles. The fraction of sp³-hybridized carbons (Fsp3) is 0.571. The SMILES string of the molecule is c1cc2c(c(OCC3CCCS3)c1)NCCC2. The number of hydrogen-bond donors (Lipinski definition) is 1. The molecule has 0 spiro atoms. The Morgan fingerprint density at radius 3 is 3.24 bits per heavy atom. The summed E-state index contributed by atoms with van der Waals surface area (Å²) in [4.78, 5) is 0. The first-order chi connectivity index (χ1) is 8.43. The predicted octanol–water partition coefficient (Wildman–Crippen LogP) is 3.32. The van der Waals surface area contributed by atoms with Crippen molar-refractivity contribution in [3.63, 3.8) is 0 Å². The summed E-state index contributed by atoms with van der Waals surface area (Å²) in [6.45, 7) is 1.94. The van der Waals surface area contributed by atoms with Crippen LogP contribution in [0.3, 0.4) is 0 Å². The van der Waals surface area contributed by atoms with Crippen LogP contribution >= 0.6 is 11.8 Å². The van der Waals surface area contributed by atoms with E-state index in [9.17, 15) is 0 Å². The van der Waals surface area contributed by atoms with Gasteiger partial charge in [0, 0.05) is 11.8 Å². The smallest absolute Gasteiger partial charge is 0.142 e. The molecule has 3 rings (SSSR count). The number of fused-ring (bicyclic) bond motifs is 1. The molecule has 1 atom stereocenters. The molecule has 0 amide bonds. The summed E-state index contributed by atoms with van der Waals surface area (Å²) in [5.74, 6) is 2.36. The lowest BCUT2D eigenvalue weighted by Crippen LogP contribution is -2.16. The fourth-order valence-electron chi connectivity index (χ4n) is 2.56. The molecule has 0 aliphatic carbocycles. The molecule has 1 saturated heterocycles. The van der Waals surface area contributed by atoms with Crippen molar-refractivity contribution in [1.29, 1.82) is 0 Å². The summed E-state index contributed by atoms with van der Waals surface area (Å²) < 4.78 is 6.00. The molecule has 3 heteroatoms. The zero-order chi connectivity index (χ0) is 11.5. The summed E-state index contributed by atoms with van der Waals surface area (Å²) in [5, 5.41) is 4.18. The first kappa shape index (κ1) is 11.3. The molecule has 92 valence electrons. The normalized spacial score (nSPS) is 22.9. The van der Waals surface area contributed by atoms with Crippen LogP contribution in [-0.2, 0) is 6.42 Å². The van der Waals surface area contributed by atoms with Crippen LogP contribution in [0.25, 0.3) is 0 Å². The van der Waals surface area contributed by atoms with Gasteiger partial charge in [0.25, 0.3) is 0 Å². The topological polar surface area (TPSA) is 21.3 Å². The molecule has 2 aliphatic heterocycles. The van der Waals surface area contributed by atoms with E-state index in [1.165, 1.54) is 42.7 Å². The highest BCUT2D eigenvalue weighted by atomic mass is 32.2. The molecule has 1 N–H and O–H groups in total. The second kappa shape index (κ2) is 5.21. The van der Waals surface area contributed by atoms with Crippen molar-refractivity contribution in [1.82, 2.24) is 0 Å². The summed E-state index contributed by atoms with van der Waals surface area (Å²) in [5.41, 5.74) is 2.65. The highest BCUT2D eigenvalue weighted by molar-refractivity contribution is 8.00. The van der Waals surface area contributed by atoms with Crippen molar-refractivity contribution < 1.29 is 4.74 Å². The first-order valence-electron chi connectivity index (χ1n) is 6.53. The Bertz CT molecular complexity index is 388. The summed E-state index contributed by atoms with van der Waals surface area (Å²) in [6.07, 6.45) is 5.07. The number of benzene rings is 1. The molecule has 17 heavy (non-hydrogen) atoms. The molecule has 1 aromatic rings. The molecular weight excluding hydrogens is 230 g/mol. The van der Waals surface area contributed by atoms with E-state index in [4.69, 9.17) is 4.74 Å². The monoisotopic (exact) mass is 249 g/mol. The Labute approximate surface area is 107 Å². The molecule has 1 fully saturated rings. The van der Waals surface area contributed by atoms with Crippen molar-refractivity contribution in [2.75, 3.05) is 24.2 Å². The number of thioether (sulfide) groups is 1. The number of para-hydroxylation sites is 1. The highest BCUT2D eigenvalue weighted by Crippen LogP contribution is 2.33. The van der Waals surface area contributed by atoms with Crippen molar-refractivity contribution >= 4 is 17.4 Å². The third-order valence-corrected chi connectivity index (χ3v) is 4.85. The first-order valence-corrected chi connectivity index (χ1v) is 7.58. The Balaban J connectivity index is 1.69. The van der Waals surface area contributed by atoms with Gasteiger partial charge in [0.15, 0.2) is 0 Å². The zero-order valence-electron chi connectivity index (χ0n) is 10.1. The Morgan fingerprint density at radius 2 is 2.35 bits per heavy atom. The van der Waals surface area contributed by atoms with Crippen LogP contribution < -0.4 is 10.1 Å². The lowest BCUT2D eigenvalue weighted by atomic mass is 10.0. The van der Waals surface area contributed by atoms with Crippen LogP contribution in [0.1, 0.15) is 24.8 Å². The third kappa shape index (κ3) is 2.54. The van der Waals surface area contributed by atoms with Crippen LogP contribution in [-0.4, -0.2) is 24.2 Å². The average Bonchev–Trinajstić information content (AvgIpc) is 2.89. The third-order valence-electron chi connectivity index (χ3n) is 3.49. The fourth-order valence-corrected chi connectivity index (χ4v) is 3.72. The van der Waals surface area contributed by atoms with Crippen LogP contribution in [0.15, 0.2) is 18.2 Å². The van der Waals surface area contributed by atoms with Crippen molar-refractivity contribution in [2.45, 2.75) is 30.9 Å². The lowest BCUT2D eigenvalue weighted by Gasteiger charge is -2.22. The number of ether oxygens (including phenoxy) is 1. The molecule has 1 unspecified atom stereocenters. The van der Waals surface area contributed by atoms with Gasteiger partial charge in [-0.15, -0.1) is 0 Å². The zero-order valence-corrected chi connectivity index (χ0v) is 10.9. The summed E-state index contributed by atoms with van der Waals surface area (Å²) in [6, 6.07) is 6.42. The van der Waals surface area contributed by atoms with Crippen LogP contribution in [0.2, 0.25) is 0 Å². The maximum absolute atomic E-state index is 6.00. The van der Waals surface area contributed by atoms with E-state index >= 15 is 0 Å². The van der Waals surface area contributed by atoms with Gasteiger partial charge in [0.2, 0.25) is 0 Å². The summed E-state index contributed by atoms with van der Waals surface area (Å²) in [7, 11) is 0. The van der Waals surface area contributed by atoms with Gasteiger partial charge >= 0.3 is 0 Å². The Morgan fingerprint density at radius 1 is 1.35 bits per heavy atom. The molecule has 2 aliphatic rings. The van der Waals surface area contributed by atoms with Gasteiger partial charge in [-0.2, -0.15) is 11.8 Å². The molecule has 0 aromatic heterocycles. The molecular formula is C14H19NOS.